The highest BCUT2D eigenvalue weighted by molar-refractivity contribution is 7.18. The minimum Gasteiger partial charge on any atom is -0.355 e. The van der Waals surface area contributed by atoms with Crippen molar-refractivity contribution < 1.29 is 4.79 Å². The first-order valence-corrected chi connectivity index (χ1v) is 7.74. The maximum Gasteiger partial charge on any atom is 0.259 e. The molecule has 0 aliphatic rings. The molecule has 0 unspecified atom stereocenters. The zero-order chi connectivity index (χ0) is 15.4. The van der Waals surface area contributed by atoms with Crippen molar-refractivity contribution in [3.05, 3.63) is 26.6 Å². The summed E-state index contributed by atoms with van der Waals surface area (Å²) in [7, 11) is 1.83. The zero-order valence-corrected chi connectivity index (χ0v) is 13.3. The van der Waals surface area contributed by atoms with E-state index in [9.17, 15) is 9.59 Å². The van der Waals surface area contributed by atoms with Gasteiger partial charge in [-0.2, -0.15) is 0 Å². The Balaban J connectivity index is 2.06. The van der Waals surface area contributed by atoms with Gasteiger partial charge in [-0.05, 0) is 26.5 Å². The van der Waals surface area contributed by atoms with Crippen molar-refractivity contribution in [3.8, 4) is 0 Å². The first-order chi connectivity index (χ1) is 10.0. The summed E-state index contributed by atoms with van der Waals surface area (Å²) < 4.78 is 0. The summed E-state index contributed by atoms with van der Waals surface area (Å²) in [6.45, 7) is 5.25. The summed E-state index contributed by atoms with van der Waals surface area (Å²) in [5.41, 5.74) is 0.868. The zero-order valence-electron chi connectivity index (χ0n) is 12.5. The topological polar surface area (TPSA) is 86.9 Å². The van der Waals surface area contributed by atoms with E-state index in [2.05, 4.69) is 20.6 Å². The van der Waals surface area contributed by atoms with E-state index in [4.69, 9.17) is 0 Å². The maximum atomic E-state index is 12.1. The average molecular weight is 308 g/mol. The van der Waals surface area contributed by atoms with Gasteiger partial charge in [0, 0.05) is 30.8 Å². The second kappa shape index (κ2) is 6.82. The summed E-state index contributed by atoms with van der Waals surface area (Å²) in [5.74, 6) is 0.532. The van der Waals surface area contributed by atoms with Crippen LogP contribution < -0.4 is 16.2 Å². The standard InChI is InChI=1S/C14H20N4O2S/c1-8-9(2)21-14-12(8)13(20)17-10(18-14)4-5-11(19)16-7-6-15-3/h15H,4-7H2,1-3H3,(H,16,19)(H,17,18,20). The molecule has 1 amide bonds. The molecule has 0 aliphatic carbocycles. The first-order valence-electron chi connectivity index (χ1n) is 6.93. The average Bonchev–Trinajstić information content (AvgIpc) is 2.72. The highest BCUT2D eigenvalue weighted by Gasteiger charge is 2.12. The molecule has 0 saturated heterocycles. The Kier molecular flexibility index (Phi) is 5.08. The molecule has 0 aliphatic heterocycles. The molecule has 3 N–H and O–H groups in total. The van der Waals surface area contributed by atoms with Crippen LogP contribution in [0.3, 0.4) is 0 Å². The van der Waals surface area contributed by atoms with Crippen LogP contribution in [0.4, 0.5) is 0 Å². The molecule has 0 aromatic carbocycles. The van der Waals surface area contributed by atoms with Gasteiger partial charge in [0.15, 0.2) is 0 Å². The molecule has 2 heterocycles. The number of amides is 1. The third-order valence-electron chi connectivity index (χ3n) is 3.37. The summed E-state index contributed by atoms with van der Waals surface area (Å²) in [4.78, 5) is 32.8. The number of H-pyrrole nitrogens is 1. The number of thiophene rings is 1. The molecule has 0 atom stereocenters. The Labute approximate surface area is 127 Å². The van der Waals surface area contributed by atoms with Gasteiger partial charge in [0.1, 0.15) is 10.7 Å². The summed E-state index contributed by atoms with van der Waals surface area (Å²) >= 11 is 1.52. The number of fused-ring (bicyclic) bond motifs is 1. The van der Waals surface area contributed by atoms with Crippen LogP contribution in [0.5, 0.6) is 0 Å². The van der Waals surface area contributed by atoms with Crippen LogP contribution in [0.25, 0.3) is 10.2 Å². The monoisotopic (exact) mass is 308 g/mol. The van der Waals surface area contributed by atoms with Gasteiger partial charge in [-0.3, -0.25) is 9.59 Å². The fourth-order valence-electron chi connectivity index (χ4n) is 2.06. The number of aromatic amines is 1. The minimum absolute atomic E-state index is 0.0356. The highest BCUT2D eigenvalue weighted by atomic mass is 32.1. The maximum absolute atomic E-state index is 12.1. The van der Waals surface area contributed by atoms with Crippen LogP contribution in [0.15, 0.2) is 4.79 Å². The van der Waals surface area contributed by atoms with Crippen molar-refractivity contribution in [2.75, 3.05) is 20.1 Å². The van der Waals surface area contributed by atoms with Gasteiger partial charge in [0.05, 0.1) is 5.39 Å². The SMILES string of the molecule is CNCCNC(=O)CCc1nc2sc(C)c(C)c2c(=O)[nH]1. The van der Waals surface area contributed by atoms with Gasteiger partial charge in [-0.25, -0.2) is 4.98 Å². The fourth-order valence-corrected chi connectivity index (χ4v) is 3.11. The first kappa shape index (κ1) is 15.7. The van der Waals surface area contributed by atoms with Crippen LogP contribution in [0, 0.1) is 13.8 Å². The Bertz CT molecular complexity index is 705. The molecule has 0 saturated carbocycles. The van der Waals surface area contributed by atoms with Gasteiger partial charge in [0.25, 0.3) is 5.56 Å². The van der Waals surface area contributed by atoms with Crippen molar-refractivity contribution in [2.45, 2.75) is 26.7 Å². The molecule has 0 spiro atoms. The molecule has 114 valence electrons. The van der Waals surface area contributed by atoms with E-state index in [1.165, 1.54) is 11.3 Å². The van der Waals surface area contributed by atoms with E-state index < -0.39 is 0 Å². The molecular weight excluding hydrogens is 288 g/mol. The number of nitrogens with zero attached hydrogens (tertiary/aromatic N) is 1. The minimum atomic E-state index is -0.118. The Morgan fingerprint density at radius 1 is 1.33 bits per heavy atom. The van der Waals surface area contributed by atoms with Gasteiger partial charge in [-0.1, -0.05) is 0 Å². The van der Waals surface area contributed by atoms with Gasteiger partial charge < -0.3 is 15.6 Å². The van der Waals surface area contributed by atoms with Gasteiger partial charge >= 0.3 is 0 Å². The van der Waals surface area contributed by atoms with E-state index in [1.54, 1.807) is 0 Å². The number of hydrogen-bond acceptors (Lipinski definition) is 5. The molecule has 6 nitrogen and oxygen atoms in total. The van der Waals surface area contributed by atoms with E-state index in [0.717, 1.165) is 21.8 Å². The van der Waals surface area contributed by atoms with E-state index in [1.807, 2.05) is 20.9 Å². The molecule has 0 fully saturated rings. The number of likely N-dealkylation sites (N-methyl/N-ethyl adjacent to an activating group) is 1. The largest absolute Gasteiger partial charge is 0.355 e. The third-order valence-corrected chi connectivity index (χ3v) is 4.48. The van der Waals surface area contributed by atoms with Crippen molar-refractivity contribution in [3.63, 3.8) is 0 Å². The van der Waals surface area contributed by atoms with Crippen LogP contribution in [0.1, 0.15) is 22.7 Å². The van der Waals surface area contributed by atoms with Crippen LogP contribution in [0.2, 0.25) is 0 Å². The summed E-state index contributed by atoms with van der Waals surface area (Å²) in [6, 6.07) is 0. The number of aromatic nitrogens is 2. The summed E-state index contributed by atoms with van der Waals surface area (Å²) in [6.07, 6.45) is 0.758. The Hall–Kier alpha value is -1.73. The van der Waals surface area contributed by atoms with Gasteiger partial charge in [0.2, 0.25) is 5.91 Å². The molecule has 7 heteroatoms. The van der Waals surface area contributed by atoms with Crippen molar-refractivity contribution in [1.29, 1.82) is 0 Å². The fraction of sp³-hybridized carbons (Fsp3) is 0.500. The molecule has 2 aromatic heterocycles. The number of nitrogens with one attached hydrogen (secondary N) is 3. The molecule has 2 aromatic rings. The van der Waals surface area contributed by atoms with E-state index in [0.29, 0.717) is 30.6 Å². The number of rotatable bonds is 6. The molecule has 21 heavy (non-hydrogen) atoms. The molecule has 0 bridgehead atoms. The van der Waals surface area contributed by atoms with E-state index >= 15 is 0 Å². The highest BCUT2D eigenvalue weighted by Crippen LogP contribution is 2.25. The molecule has 0 radical (unpaired) electrons. The lowest BCUT2D eigenvalue weighted by Gasteiger charge is -2.04. The number of hydrogen-bond donors (Lipinski definition) is 3. The predicted molar refractivity (Wildman–Crippen MR) is 85.0 cm³/mol. The lowest BCUT2D eigenvalue weighted by molar-refractivity contribution is -0.121. The molecule has 2 rings (SSSR count). The normalized spacial score (nSPS) is 11.0. The second-order valence-electron chi connectivity index (χ2n) is 4.93. The number of carbonyl (C=O) groups excluding carboxylic acids is 1. The quantitative estimate of drug-likeness (QED) is 0.691. The van der Waals surface area contributed by atoms with Gasteiger partial charge in [-0.15, -0.1) is 11.3 Å². The lowest BCUT2D eigenvalue weighted by atomic mass is 10.2. The lowest BCUT2D eigenvalue weighted by Crippen LogP contribution is -2.30. The molecular formula is C14H20N4O2S. The number of aryl methyl sites for hydroxylation is 3. The number of carbonyl (C=O) groups is 1. The van der Waals surface area contributed by atoms with Crippen LogP contribution in [-0.2, 0) is 11.2 Å². The van der Waals surface area contributed by atoms with Crippen molar-refractivity contribution in [2.24, 2.45) is 0 Å². The Morgan fingerprint density at radius 2 is 2.10 bits per heavy atom. The third kappa shape index (κ3) is 3.68. The summed E-state index contributed by atoms with van der Waals surface area (Å²) in [5, 5.41) is 6.43. The van der Waals surface area contributed by atoms with Crippen molar-refractivity contribution >= 4 is 27.5 Å². The van der Waals surface area contributed by atoms with Crippen LogP contribution >= 0.6 is 11.3 Å². The smallest absolute Gasteiger partial charge is 0.259 e. The predicted octanol–water partition coefficient (Wildman–Crippen LogP) is 0.870. The van der Waals surface area contributed by atoms with E-state index in [-0.39, 0.29) is 11.5 Å². The van der Waals surface area contributed by atoms with Crippen LogP contribution in [-0.4, -0.2) is 36.0 Å². The second-order valence-corrected chi connectivity index (χ2v) is 6.13. The Morgan fingerprint density at radius 3 is 2.81 bits per heavy atom. The van der Waals surface area contributed by atoms with Crippen molar-refractivity contribution in [1.82, 2.24) is 20.6 Å².